The summed E-state index contributed by atoms with van der Waals surface area (Å²) in [5.74, 6) is 0.782. The number of likely N-dealkylation sites (tertiary alicyclic amines) is 1. The van der Waals surface area contributed by atoms with Gasteiger partial charge in [0.1, 0.15) is 30.3 Å². The molecule has 4 aromatic rings. The number of rotatable bonds is 10. The number of pyridine rings is 2. The van der Waals surface area contributed by atoms with Crippen LogP contribution >= 0.6 is 11.6 Å². The van der Waals surface area contributed by atoms with E-state index in [0.29, 0.717) is 63.3 Å². The molecular formula is C35H35ClN6O4. The van der Waals surface area contributed by atoms with Gasteiger partial charge in [-0.25, -0.2) is 0 Å². The summed E-state index contributed by atoms with van der Waals surface area (Å²) in [7, 11) is 0. The van der Waals surface area contributed by atoms with Crippen LogP contribution in [0.5, 0.6) is 11.5 Å². The number of benzene rings is 2. The van der Waals surface area contributed by atoms with Crippen molar-refractivity contribution < 1.29 is 19.0 Å². The van der Waals surface area contributed by atoms with Crippen molar-refractivity contribution in [1.29, 1.82) is 5.26 Å². The molecule has 2 aliphatic rings. The van der Waals surface area contributed by atoms with E-state index in [2.05, 4.69) is 38.5 Å². The molecule has 0 spiro atoms. The monoisotopic (exact) mass is 638 g/mol. The standard InChI is InChI=1S/C35H35ClN6O4/c1-2-42-12-8-23(9-13-42)15-34(43)41-31-17-28-30(18-33(31)46-27-10-14-44-22-27)39-20-24(19-37)35(28)40-25-6-7-32(29(36)16-25)45-21-26-5-3-4-11-38-26/h3-7,11,15-18,20,27H,2,8-10,12-14,21-22H2,1H3,(H,39,40)(H,41,43). The van der Waals surface area contributed by atoms with E-state index in [1.54, 1.807) is 36.5 Å². The first-order valence-corrected chi connectivity index (χ1v) is 15.8. The molecule has 11 heteroatoms. The van der Waals surface area contributed by atoms with Crippen molar-refractivity contribution in [3.63, 3.8) is 0 Å². The number of ether oxygens (including phenoxy) is 3. The number of hydrogen-bond donors (Lipinski definition) is 2. The predicted molar refractivity (Wildman–Crippen MR) is 178 cm³/mol. The highest BCUT2D eigenvalue weighted by Gasteiger charge is 2.22. The summed E-state index contributed by atoms with van der Waals surface area (Å²) in [5.41, 5.74) is 4.50. The molecule has 2 saturated heterocycles. The Hall–Kier alpha value is -4.69. The van der Waals surface area contributed by atoms with Gasteiger partial charge < -0.3 is 29.7 Å². The number of nitrogens with zero attached hydrogens (tertiary/aromatic N) is 4. The lowest BCUT2D eigenvalue weighted by atomic mass is 10.0. The number of piperidine rings is 1. The maximum absolute atomic E-state index is 13.3. The summed E-state index contributed by atoms with van der Waals surface area (Å²) in [6, 6.07) is 16.8. The summed E-state index contributed by atoms with van der Waals surface area (Å²) in [6.07, 6.45) is 7.26. The number of carbonyl (C=O) groups excluding carboxylic acids is 1. The van der Waals surface area contributed by atoms with Gasteiger partial charge in [0, 0.05) is 55.1 Å². The number of nitriles is 1. The molecule has 2 aliphatic heterocycles. The van der Waals surface area contributed by atoms with E-state index < -0.39 is 0 Å². The minimum Gasteiger partial charge on any atom is -0.486 e. The molecule has 4 heterocycles. The maximum Gasteiger partial charge on any atom is 0.248 e. The van der Waals surface area contributed by atoms with Crippen molar-refractivity contribution >= 4 is 45.5 Å². The minimum absolute atomic E-state index is 0.138. The van der Waals surface area contributed by atoms with Crippen LogP contribution in [0.15, 0.2) is 72.6 Å². The lowest BCUT2D eigenvalue weighted by molar-refractivity contribution is -0.112. The van der Waals surface area contributed by atoms with E-state index in [4.69, 9.17) is 25.8 Å². The lowest BCUT2D eigenvalue weighted by Gasteiger charge is -2.26. The molecule has 1 atom stereocenters. The van der Waals surface area contributed by atoms with Crippen molar-refractivity contribution in [2.24, 2.45) is 0 Å². The SMILES string of the molecule is CCN1CCC(=CC(=O)Nc2cc3c(Nc4ccc(OCc5ccccn5)c(Cl)c4)c(C#N)cnc3cc2OC2CCOC2)CC1. The van der Waals surface area contributed by atoms with Crippen LogP contribution in [0.4, 0.5) is 17.1 Å². The molecule has 236 valence electrons. The second kappa shape index (κ2) is 14.6. The summed E-state index contributed by atoms with van der Waals surface area (Å²) in [6.45, 7) is 6.42. The number of fused-ring (bicyclic) bond motifs is 1. The number of halogens is 1. The molecule has 0 radical (unpaired) electrons. The molecule has 2 N–H and O–H groups in total. The van der Waals surface area contributed by atoms with Gasteiger partial charge in [-0.2, -0.15) is 5.26 Å². The van der Waals surface area contributed by atoms with Crippen LogP contribution in [-0.4, -0.2) is 59.7 Å². The van der Waals surface area contributed by atoms with Crippen LogP contribution < -0.4 is 20.1 Å². The van der Waals surface area contributed by atoms with Crippen molar-refractivity contribution in [3.05, 3.63) is 88.9 Å². The number of nitrogens with one attached hydrogen (secondary N) is 2. The fraction of sp³-hybridized carbons (Fsp3) is 0.314. The number of amides is 1. The van der Waals surface area contributed by atoms with Crippen molar-refractivity contribution in [1.82, 2.24) is 14.9 Å². The van der Waals surface area contributed by atoms with Crippen molar-refractivity contribution in [3.8, 4) is 17.6 Å². The van der Waals surface area contributed by atoms with Crippen molar-refractivity contribution in [2.75, 3.05) is 43.5 Å². The van der Waals surface area contributed by atoms with Gasteiger partial charge in [-0.05, 0) is 55.8 Å². The van der Waals surface area contributed by atoms with Gasteiger partial charge in [-0.15, -0.1) is 0 Å². The second-order valence-electron chi connectivity index (χ2n) is 11.2. The van der Waals surface area contributed by atoms with E-state index in [1.165, 1.54) is 6.20 Å². The van der Waals surface area contributed by atoms with Gasteiger partial charge in [0.2, 0.25) is 5.91 Å². The normalized spacial score (nSPS) is 16.5. The Morgan fingerprint density at radius 1 is 1.17 bits per heavy atom. The second-order valence-corrected chi connectivity index (χ2v) is 11.6. The average Bonchev–Trinajstić information content (AvgIpc) is 3.59. The smallest absolute Gasteiger partial charge is 0.248 e. The summed E-state index contributed by atoms with van der Waals surface area (Å²) in [4.78, 5) is 24.5. The van der Waals surface area contributed by atoms with E-state index >= 15 is 0 Å². The largest absolute Gasteiger partial charge is 0.486 e. The van der Waals surface area contributed by atoms with Gasteiger partial charge >= 0.3 is 0 Å². The number of anilines is 3. The van der Waals surface area contributed by atoms with E-state index in [-0.39, 0.29) is 18.6 Å². The highest BCUT2D eigenvalue weighted by atomic mass is 35.5. The Bertz CT molecular complexity index is 1780. The van der Waals surface area contributed by atoms with Gasteiger partial charge in [0.15, 0.2) is 0 Å². The third-order valence-corrected chi connectivity index (χ3v) is 8.41. The maximum atomic E-state index is 13.3. The first-order chi connectivity index (χ1) is 22.5. The molecule has 1 amide bonds. The van der Waals surface area contributed by atoms with E-state index in [1.807, 2.05) is 24.3 Å². The third-order valence-electron chi connectivity index (χ3n) is 8.11. The predicted octanol–water partition coefficient (Wildman–Crippen LogP) is 6.63. The molecule has 2 aromatic heterocycles. The van der Waals surface area contributed by atoms with Gasteiger partial charge in [0.25, 0.3) is 0 Å². The molecular weight excluding hydrogens is 604 g/mol. The van der Waals surface area contributed by atoms with Crippen LogP contribution in [-0.2, 0) is 16.1 Å². The number of aromatic nitrogens is 2. The summed E-state index contributed by atoms with van der Waals surface area (Å²) >= 11 is 6.59. The fourth-order valence-corrected chi connectivity index (χ4v) is 5.79. The molecule has 1 unspecified atom stereocenters. The molecule has 2 fully saturated rings. The Kier molecular flexibility index (Phi) is 9.94. The molecule has 2 aromatic carbocycles. The average molecular weight is 639 g/mol. The van der Waals surface area contributed by atoms with Gasteiger partial charge in [-0.3, -0.25) is 14.8 Å². The van der Waals surface area contributed by atoms with Crippen LogP contribution in [0.2, 0.25) is 5.02 Å². The Labute approximate surface area is 272 Å². The molecule has 10 nitrogen and oxygen atoms in total. The fourth-order valence-electron chi connectivity index (χ4n) is 5.55. The zero-order chi connectivity index (χ0) is 31.9. The Balaban J connectivity index is 1.29. The third kappa shape index (κ3) is 7.57. The molecule has 0 aliphatic carbocycles. The van der Waals surface area contributed by atoms with Gasteiger partial charge in [-0.1, -0.05) is 30.2 Å². The van der Waals surface area contributed by atoms with Crippen LogP contribution in [0.1, 0.15) is 37.4 Å². The van der Waals surface area contributed by atoms with Gasteiger partial charge in [0.05, 0.1) is 46.4 Å². The molecule has 46 heavy (non-hydrogen) atoms. The highest BCUT2D eigenvalue weighted by Crippen LogP contribution is 2.38. The Morgan fingerprint density at radius 3 is 2.76 bits per heavy atom. The molecule has 6 rings (SSSR count). The molecule has 0 saturated carbocycles. The number of carbonyl (C=O) groups is 1. The lowest BCUT2D eigenvalue weighted by Crippen LogP contribution is -2.30. The van der Waals surface area contributed by atoms with E-state index in [0.717, 1.165) is 50.2 Å². The quantitative estimate of drug-likeness (QED) is 0.184. The zero-order valence-corrected chi connectivity index (χ0v) is 26.3. The molecule has 0 bridgehead atoms. The van der Waals surface area contributed by atoms with Crippen LogP contribution in [0.25, 0.3) is 10.9 Å². The highest BCUT2D eigenvalue weighted by molar-refractivity contribution is 6.32. The summed E-state index contributed by atoms with van der Waals surface area (Å²) < 4.78 is 17.7. The van der Waals surface area contributed by atoms with E-state index in [9.17, 15) is 10.1 Å². The summed E-state index contributed by atoms with van der Waals surface area (Å²) in [5, 5.41) is 17.4. The topological polar surface area (TPSA) is 122 Å². The zero-order valence-electron chi connectivity index (χ0n) is 25.6. The first kappa shape index (κ1) is 31.3. The minimum atomic E-state index is -0.223. The van der Waals surface area contributed by atoms with Crippen molar-refractivity contribution in [2.45, 2.75) is 38.9 Å². The number of hydrogen-bond acceptors (Lipinski definition) is 9. The van der Waals surface area contributed by atoms with Crippen LogP contribution in [0, 0.1) is 11.3 Å². The first-order valence-electron chi connectivity index (χ1n) is 15.4. The van der Waals surface area contributed by atoms with Crippen LogP contribution in [0.3, 0.4) is 0 Å². The Morgan fingerprint density at radius 2 is 2.04 bits per heavy atom.